The Morgan fingerprint density at radius 2 is 1.91 bits per heavy atom. The summed E-state index contributed by atoms with van der Waals surface area (Å²) in [6, 6.07) is 4.01. The Labute approximate surface area is 125 Å². The van der Waals surface area contributed by atoms with Crippen LogP contribution in [0, 0.1) is 5.92 Å². The fourth-order valence-corrected chi connectivity index (χ4v) is 4.19. The standard InChI is InChI=1S/C13H15F3N2O3S/c14-13(15,16)10-5-1-2-6-11(10)22(20,21)18-7-3-4-9(8-18)12(17)19/h1-2,5-6,9H,3-4,7-8H2,(H2,17,19). The first-order valence-electron chi connectivity index (χ1n) is 6.59. The predicted octanol–water partition coefficient (Wildman–Crippen LogP) is 1.59. The summed E-state index contributed by atoms with van der Waals surface area (Å²) in [4.78, 5) is 10.4. The fraction of sp³-hybridized carbons (Fsp3) is 0.462. The van der Waals surface area contributed by atoms with Gasteiger partial charge in [-0.25, -0.2) is 8.42 Å². The maximum Gasteiger partial charge on any atom is 0.417 e. The van der Waals surface area contributed by atoms with Crippen molar-refractivity contribution in [2.45, 2.75) is 23.9 Å². The first-order chi connectivity index (χ1) is 10.1. The monoisotopic (exact) mass is 336 g/mol. The second-order valence-corrected chi connectivity index (χ2v) is 7.00. The third-order valence-electron chi connectivity index (χ3n) is 3.60. The molecule has 0 spiro atoms. The van der Waals surface area contributed by atoms with Gasteiger partial charge in [0.25, 0.3) is 0 Å². The average molecular weight is 336 g/mol. The van der Waals surface area contributed by atoms with Crippen LogP contribution in [0.15, 0.2) is 29.2 Å². The largest absolute Gasteiger partial charge is 0.417 e. The summed E-state index contributed by atoms with van der Waals surface area (Å²) in [6.45, 7) is -0.123. The molecule has 1 unspecified atom stereocenters. The van der Waals surface area contributed by atoms with E-state index in [-0.39, 0.29) is 13.1 Å². The Bertz CT molecular complexity index is 673. The number of carbonyl (C=O) groups excluding carboxylic acids is 1. The minimum absolute atomic E-state index is 0.0678. The number of nitrogens with two attached hydrogens (primary N) is 1. The molecule has 1 amide bonds. The van der Waals surface area contributed by atoms with E-state index in [9.17, 15) is 26.4 Å². The molecule has 0 aromatic heterocycles. The molecule has 0 radical (unpaired) electrons. The normalized spacial score (nSPS) is 20.8. The molecule has 1 atom stereocenters. The lowest BCUT2D eigenvalue weighted by atomic mass is 9.99. The summed E-state index contributed by atoms with van der Waals surface area (Å²) in [5, 5.41) is 0. The smallest absolute Gasteiger partial charge is 0.369 e. The zero-order chi connectivity index (χ0) is 16.5. The molecule has 2 rings (SSSR count). The van der Waals surface area contributed by atoms with Crippen LogP contribution in [0.1, 0.15) is 18.4 Å². The van der Waals surface area contributed by atoms with E-state index < -0.39 is 38.5 Å². The molecule has 1 aliphatic heterocycles. The van der Waals surface area contributed by atoms with Gasteiger partial charge in [-0.3, -0.25) is 4.79 Å². The SMILES string of the molecule is NC(=O)C1CCCN(S(=O)(=O)c2ccccc2C(F)(F)F)C1. The summed E-state index contributed by atoms with van der Waals surface area (Å²) < 4.78 is 64.9. The van der Waals surface area contributed by atoms with Gasteiger partial charge >= 0.3 is 6.18 Å². The molecule has 0 saturated carbocycles. The molecule has 1 aromatic rings. The molecule has 1 aliphatic rings. The number of primary amides is 1. The molecule has 122 valence electrons. The Morgan fingerprint density at radius 3 is 2.50 bits per heavy atom. The van der Waals surface area contributed by atoms with E-state index in [1.54, 1.807) is 0 Å². The summed E-state index contributed by atoms with van der Waals surface area (Å²) >= 11 is 0. The molecule has 1 aromatic carbocycles. The van der Waals surface area contributed by atoms with Gasteiger partial charge < -0.3 is 5.73 Å². The molecule has 1 saturated heterocycles. The lowest BCUT2D eigenvalue weighted by Gasteiger charge is -2.31. The fourth-order valence-electron chi connectivity index (χ4n) is 2.46. The number of piperidine rings is 1. The average Bonchev–Trinajstić information content (AvgIpc) is 2.46. The summed E-state index contributed by atoms with van der Waals surface area (Å²) in [6.07, 6.45) is -3.97. The van der Waals surface area contributed by atoms with Gasteiger partial charge in [-0.1, -0.05) is 12.1 Å². The molecule has 22 heavy (non-hydrogen) atoms. The molecular weight excluding hydrogens is 321 g/mol. The number of amides is 1. The van der Waals surface area contributed by atoms with Gasteiger partial charge in [-0.05, 0) is 25.0 Å². The first kappa shape index (κ1) is 16.8. The number of hydrogen-bond donors (Lipinski definition) is 1. The van der Waals surface area contributed by atoms with Crippen LogP contribution in [-0.4, -0.2) is 31.7 Å². The maximum absolute atomic E-state index is 13.0. The minimum Gasteiger partial charge on any atom is -0.369 e. The predicted molar refractivity (Wildman–Crippen MR) is 72.1 cm³/mol. The van der Waals surface area contributed by atoms with E-state index in [2.05, 4.69) is 0 Å². The Balaban J connectivity index is 2.41. The highest BCUT2D eigenvalue weighted by Gasteiger charge is 2.40. The molecule has 9 heteroatoms. The number of rotatable bonds is 3. The van der Waals surface area contributed by atoms with Crippen molar-refractivity contribution in [1.29, 1.82) is 0 Å². The van der Waals surface area contributed by atoms with E-state index >= 15 is 0 Å². The second-order valence-electron chi connectivity index (χ2n) is 5.10. The number of sulfonamides is 1. The number of nitrogens with zero attached hydrogens (tertiary/aromatic N) is 1. The summed E-state index contributed by atoms with van der Waals surface area (Å²) in [7, 11) is -4.34. The van der Waals surface area contributed by atoms with Crippen LogP contribution < -0.4 is 5.73 Å². The Kier molecular flexibility index (Phi) is 4.48. The van der Waals surface area contributed by atoms with Crippen molar-refractivity contribution in [2.24, 2.45) is 11.7 Å². The lowest BCUT2D eigenvalue weighted by molar-refractivity contribution is -0.140. The van der Waals surface area contributed by atoms with Crippen molar-refractivity contribution in [3.63, 3.8) is 0 Å². The molecule has 1 fully saturated rings. The van der Waals surface area contributed by atoms with Crippen molar-refractivity contribution in [3.8, 4) is 0 Å². The minimum atomic E-state index is -4.78. The lowest BCUT2D eigenvalue weighted by Crippen LogP contribution is -2.44. The van der Waals surface area contributed by atoms with Crippen molar-refractivity contribution in [1.82, 2.24) is 4.31 Å². The molecule has 2 N–H and O–H groups in total. The van der Waals surface area contributed by atoms with Gasteiger partial charge in [0.2, 0.25) is 15.9 Å². The zero-order valence-corrected chi connectivity index (χ0v) is 12.3. The first-order valence-corrected chi connectivity index (χ1v) is 8.03. The third-order valence-corrected chi connectivity index (χ3v) is 5.52. The van der Waals surface area contributed by atoms with Crippen molar-refractivity contribution < 1.29 is 26.4 Å². The number of hydrogen-bond acceptors (Lipinski definition) is 3. The van der Waals surface area contributed by atoms with Crippen LogP contribution in [0.4, 0.5) is 13.2 Å². The quantitative estimate of drug-likeness (QED) is 0.910. The molecule has 5 nitrogen and oxygen atoms in total. The van der Waals surface area contributed by atoms with Crippen LogP contribution in [0.25, 0.3) is 0 Å². The van der Waals surface area contributed by atoms with Crippen LogP contribution >= 0.6 is 0 Å². The zero-order valence-electron chi connectivity index (χ0n) is 11.5. The van der Waals surface area contributed by atoms with Crippen LogP contribution in [0.3, 0.4) is 0 Å². The van der Waals surface area contributed by atoms with Crippen molar-refractivity contribution >= 4 is 15.9 Å². The van der Waals surface area contributed by atoms with E-state index in [1.165, 1.54) is 6.07 Å². The van der Waals surface area contributed by atoms with E-state index in [1.807, 2.05) is 0 Å². The number of carbonyl (C=O) groups is 1. The highest BCUT2D eigenvalue weighted by Crippen LogP contribution is 2.35. The summed E-state index contributed by atoms with van der Waals surface area (Å²) in [5.74, 6) is -1.33. The highest BCUT2D eigenvalue weighted by molar-refractivity contribution is 7.89. The molecule has 0 bridgehead atoms. The second kappa shape index (κ2) is 5.88. The topological polar surface area (TPSA) is 80.5 Å². The van der Waals surface area contributed by atoms with Gasteiger partial charge in [0.05, 0.1) is 16.4 Å². The van der Waals surface area contributed by atoms with Gasteiger partial charge in [-0.15, -0.1) is 0 Å². The Hall–Kier alpha value is -1.61. The van der Waals surface area contributed by atoms with Gasteiger partial charge in [0, 0.05) is 13.1 Å². The number of halogens is 3. The van der Waals surface area contributed by atoms with E-state index in [4.69, 9.17) is 5.73 Å². The van der Waals surface area contributed by atoms with Gasteiger partial charge in [0.1, 0.15) is 0 Å². The number of benzene rings is 1. The highest BCUT2D eigenvalue weighted by atomic mass is 32.2. The molecular formula is C13H15F3N2O3S. The van der Waals surface area contributed by atoms with E-state index in [0.717, 1.165) is 22.5 Å². The Morgan fingerprint density at radius 1 is 1.27 bits per heavy atom. The van der Waals surface area contributed by atoms with Crippen molar-refractivity contribution in [3.05, 3.63) is 29.8 Å². The maximum atomic E-state index is 13.0. The van der Waals surface area contributed by atoms with Crippen LogP contribution in [0.5, 0.6) is 0 Å². The van der Waals surface area contributed by atoms with Crippen LogP contribution in [0.2, 0.25) is 0 Å². The number of alkyl halides is 3. The van der Waals surface area contributed by atoms with E-state index in [0.29, 0.717) is 12.8 Å². The van der Waals surface area contributed by atoms with Gasteiger partial charge in [-0.2, -0.15) is 17.5 Å². The third kappa shape index (κ3) is 3.25. The van der Waals surface area contributed by atoms with Crippen LogP contribution in [-0.2, 0) is 21.0 Å². The van der Waals surface area contributed by atoms with Gasteiger partial charge in [0.15, 0.2) is 0 Å². The van der Waals surface area contributed by atoms with Crippen molar-refractivity contribution in [2.75, 3.05) is 13.1 Å². The molecule has 0 aliphatic carbocycles. The summed E-state index contributed by atoms with van der Waals surface area (Å²) in [5.41, 5.74) is 3.96. The molecule has 1 heterocycles.